The fourth-order valence-electron chi connectivity index (χ4n) is 2.94. The number of amides is 1. The molecule has 1 aliphatic heterocycles. The molecule has 1 fully saturated rings. The van der Waals surface area contributed by atoms with Gasteiger partial charge in [-0.05, 0) is 37.8 Å². The van der Waals surface area contributed by atoms with Gasteiger partial charge < -0.3 is 19.5 Å². The average molecular weight is 349 g/mol. The Hall–Kier alpha value is -2.24. The number of hydrogen-bond donors (Lipinski definition) is 1. The molecule has 0 bridgehead atoms. The molecule has 1 aromatic carbocycles. The van der Waals surface area contributed by atoms with Crippen LogP contribution in [0.1, 0.15) is 44.0 Å². The number of ether oxygens (including phenoxy) is 2. The van der Waals surface area contributed by atoms with Crippen molar-refractivity contribution >= 4 is 11.9 Å². The second-order valence-corrected chi connectivity index (χ2v) is 7.26. The van der Waals surface area contributed by atoms with Crippen molar-refractivity contribution in [3.05, 3.63) is 23.8 Å². The van der Waals surface area contributed by atoms with E-state index in [0.29, 0.717) is 49.0 Å². The number of aliphatic carboxylic acids is 1. The largest absolute Gasteiger partial charge is 0.497 e. The lowest BCUT2D eigenvalue weighted by Crippen LogP contribution is -2.48. The van der Waals surface area contributed by atoms with Crippen molar-refractivity contribution in [2.45, 2.75) is 33.6 Å². The van der Waals surface area contributed by atoms with Crippen LogP contribution in [0, 0.1) is 11.3 Å². The fourth-order valence-corrected chi connectivity index (χ4v) is 2.94. The highest BCUT2D eigenvalue weighted by atomic mass is 16.5. The Labute approximate surface area is 148 Å². The van der Waals surface area contributed by atoms with Gasteiger partial charge in [-0.1, -0.05) is 13.8 Å². The molecule has 25 heavy (non-hydrogen) atoms. The van der Waals surface area contributed by atoms with Crippen LogP contribution in [0.2, 0.25) is 0 Å². The molecule has 0 saturated carbocycles. The lowest BCUT2D eigenvalue weighted by Gasteiger charge is -2.37. The number of benzene rings is 1. The minimum atomic E-state index is -0.903. The van der Waals surface area contributed by atoms with E-state index < -0.39 is 11.4 Å². The van der Waals surface area contributed by atoms with E-state index in [2.05, 4.69) is 0 Å². The summed E-state index contributed by atoms with van der Waals surface area (Å²) in [5.41, 5.74) is -0.463. The zero-order chi connectivity index (χ0) is 18.6. The summed E-state index contributed by atoms with van der Waals surface area (Å²) in [7, 11) is 1.56. The number of carboxylic acids is 1. The van der Waals surface area contributed by atoms with Gasteiger partial charge in [-0.25, -0.2) is 0 Å². The van der Waals surface area contributed by atoms with Crippen LogP contribution in [-0.2, 0) is 4.79 Å². The number of rotatable bonds is 6. The van der Waals surface area contributed by atoms with Gasteiger partial charge in [-0.15, -0.1) is 0 Å². The van der Waals surface area contributed by atoms with Gasteiger partial charge in [0.1, 0.15) is 11.5 Å². The van der Waals surface area contributed by atoms with Crippen LogP contribution >= 0.6 is 0 Å². The van der Waals surface area contributed by atoms with Gasteiger partial charge in [-0.3, -0.25) is 9.59 Å². The van der Waals surface area contributed by atoms with Crippen LogP contribution < -0.4 is 9.47 Å². The second kappa shape index (κ2) is 7.76. The monoisotopic (exact) mass is 349 g/mol. The Morgan fingerprint density at radius 3 is 2.68 bits per heavy atom. The maximum absolute atomic E-state index is 13.0. The lowest BCUT2D eigenvalue weighted by molar-refractivity contribution is -0.150. The molecule has 1 aliphatic rings. The maximum Gasteiger partial charge on any atom is 0.311 e. The number of carboxylic acid groups (broad SMARTS) is 1. The first kappa shape index (κ1) is 19.1. The van der Waals surface area contributed by atoms with E-state index in [1.807, 2.05) is 13.8 Å². The first-order valence-corrected chi connectivity index (χ1v) is 8.60. The van der Waals surface area contributed by atoms with Gasteiger partial charge in [0.05, 0.1) is 24.7 Å². The van der Waals surface area contributed by atoms with Gasteiger partial charge >= 0.3 is 5.97 Å². The van der Waals surface area contributed by atoms with Gasteiger partial charge in [0.2, 0.25) is 0 Å². The van der Waals surface area contributed by atoms with Gasteiger partial charge in [0.25, 0.3) is 5.91 Å². The summed E-state index contributed by atoms with van der Waals surface area (Å²) in [5, 5.41) is 9.46. The Kier molecular flexibility index (Phi) is 5.93. The molecule has 1 N–H and O–H groups in total. The maximum atomic E-state index is 13.0. The molecule has 0 spiro atoms. The van der Waals surface area contributed by atoms with Gasteiger partial charge in [-0.2, -0.15) is 0 Å². The molecule has 1 unspecified atom stereocenters. The molecular formula is C19H27NO5. The van der Waals surface area contributed by atoms with E-state index >= 15 is 0 Å². The summed E-state index contributed by atoms with van der Waals surface area (Å²) in [6, 6.07) is 5.11. The Bertz CT molecular complexity index is 643. The molecular weight excluding hydrogens is 322 g/mol. The summed E-state index contributed by atoms with van der Waals surface area (Å²) in [6.45, 7) is 7.00. The molecule has 1 amide bonds. The predicted octanol–water partition coefficient (Wildman–Crippen LogP) is 3.06. The Balaban J connectivity index is 2.26. The first-order valence-electron chi connectivity index (χ1n) is 8.60. The van der Waals surface area contributed by atoms with Crippen LogP contribution in [0.3, 0.4) is 0 Å². The normalized spacial score (nSPS) is 20.4. The summed E-state index contributed by atoms with van der Waals surface area (Å²) >= 11 is 0. The van der Waals surface area contributed by atoms with Crippen LogP contribution in [0.5, 0.6) is 11.5 Å². The zero-order valence-electron chi connectivity index (χ0n) is 15.4. The summed E-state index contributed by atoms with van der Waals surface area (Å²) in [4.78, 5) is 26.1. The molecule has 0 aliphatic carbocycles. The molecule has 1 aromatic rings. The molecule has 1 heterocycles. The van der Waals surface area contributed by atoms with Crippen molar-refractivity contribution in [1.29, 1.82) is 0 Å². The van der Waals surface area contributed by atoms with E-state index in [-0.39, 0.29) is 12.5 Å². The van der Waals surface area contributed by atoms with Gasteiger partial charge in [0.15, 0.2) is 0 Å². The minimum absolute atomic E-state index is 0.200. The molecule has 0 aromatic heterocycles. The smallest absolute Gasteiger partial charge is 0.311 e. The van der Waals surface area contributed by atoms with Crippen LogP contribution in [0.25, 0.3) is 0 Å². The third-order valence-electron chi connectivity index (χ3n) is 4.49. The van der Waals surface area contributed by atoms with E-state index in [1.165, 1.54) is 0 Å². The summed E-state index contributed by atoms with van der Waals surface area (Å²) in [6.07, 6.45) is 1.25. The average Bonchev–Trinajstić information content (AvgIpc) is 2.59. The Morgan fingerprint density at radius 2 is 2.08 bits per heavy atom. The number of likely N-dealkylation sites (tertiary alicyclic amines) is 1. The van der Waals surface area contributed by atoms with E-state index in [4.69, 9.17) is 9.47 Å². The second-order valence-electron chi connectivity index (χ2n) is 7.26. The molecule has 2 rings (SSSR count). The van der Waals surface area contributed by atoms with E-state index in [9.17, 15) is 14.7 Å². The van der Waals surface area contributed by atoms with E-state index in [1.54, 1.807) is 37.1 Å². The topological polar surface area (TPSA) is 76.1 Å². The quantitative estimate of drug-likeness (QED) is 0.854. The highest BCUT2D eigenvalue weighted by Gasteiger charge is 2.40. The number of carbonyl (C=O) groups excluding carboxylic acids is 1. The van der Waals surface area contributed by atoms with Gasteiger partial charge in [0, 0.05) is 19.2 Å². The predicted molar refractivity (Wildman–Crippen MR) is 94.2 cm³/mol. The summed E-state index contributed by atoms with van der Waals surface area (Å²) < 4.78 is 11.0. The van der Waals surface area contributed by atoms with Crippen molar-refractivity contribution in [2.75, 3.05) is 26.8 Å². The number of hydrogen-bond acceptors (Lipinski definition) is 4. The molecule has 1 atom stereocenters. The van der Waals surface area contributed by atoms with Crippen molar-refractivity contribution in [1.82, 2.24) is 4.90 Å². The number of piperidine rings is 1. The van der Waals surface area contributed by atoms with Crippen molar-refractivity contribution in [3.63, 3.8) is 0 Å². The standard InChI is InChI=1S/C19H27NO5/c1-13(2)11-25-16-10-14(24-4)6-7-15(16)17(21)20-9-5-8-19(3,12-20)18(22)23/h6-7,10,13H,5,8-9,11-12H2,1-4H3,(H,22,23). The van der Waals surface area contributed by atoms with Crippen LogP contribution in [0.4, 0.5) is 0 Å². The van der Waals surface area contributed by atoms with Crippen LogP contribution in [-0.4, -0.2) is 48.7 Å². The molecule has 138 valence electrons. The van der Waals surface area contributed by atoms with Crippen molar-refractivity contribution < 1.29 is 24.2 Å². The summed E-state index contributed by atoms with van der Waals surface area (Å²) in [5.74, 6) is 0.342. The number of nitrogens with zero attached hydrogens (tertiary/aromatic N) is 1. The van der Waals surface area contributed by atoms with E-state index in [0.717, 1.165) is 0 Å². The highest BCUT2D eigenvalue weighted by molar-refractivity contribution is 5.97. The number of methoxy groups -OCH3 is 1. The highest BCUT2D eigenvalue weighted by Crippen LogP contribution is 2.32. The molecule has 0 radical (unpaired) electrons. The first-order chi connectivity index (χ1) is 11.8. The zero-order valence-corrected chi connectivity index (χ0v) is 15.4. The third kappa shape index (κ3) is 4.44. The van der Waals surface area contributed by atoms with Crippen LogP contribution in [0.15, 0.2) is 18.2 Å². The minimum Gasteiger partial charge on any atom is -0.497 e. The number of carbonyl (C=O) groups is 2. The molecule has 6 heteroatoms. The van der Waals surface area contributed by atoms with Crippen molar-refractivity contribution in [3.8, 4) is 11.5 Å². The molecule has 6 nitrogen and oxygen atoms in total. The van der Waals surface area contributed by atoms with Crippen molar-refractivity contribution in [2.24, 2.45) is 11.3 Å². The Morgan fingerprint density at radius 1 is 1.36 bits per heavy atom. The SMILES string of the molecule is COc1ccc(C(=O)N2CCCC(C)(C(=O)O)C2)c(OCC(C)C)c1. The lowest BCUT2D eigenvalue weighted by atomic mass is 9.82. The molecule has 1 saturated heterocycles. The fraction of sp³-hybridized carbons (Fsp3) is 0.579. The third-order valence-corrected chi connectivity index (χ3v) is 4.49.